The summed E-state index contributed by atoms with van der Waals surface area (Å²) in [5.41, 5.74) is 1.06. The van der Waals surface area contributed by atoms with Gasteiger partial charge in [-0.1, -0.05) is 12.1 Å². The molecule has 184 valence electrons. The smallest absolute Gasteiger partial charge is 0.264 e. The van der Waals surface area contributed by atoms with E-state index in [0.29, 0.717) is 30.3 Å². The van der Waals surface area contributed by atoms with Crippen LogP contribution in [-0.4, -0.2) is 60.6 Å². The lowest BCUT2D eigenvalue weighted by molar-refractivity contribution is -0.135. The molecule has 35 heavy (non-hydrogen) atoms. The van der Waals surface area contributed by atoms with Gasteiger partial charge in [0.1, 0.15) is 24.7 Å². The van der Waals surface area contributed by atoms with E-state index < -0.39 is 0 Å². The Bertz CT molecular complexity index is 1160. The SMILES string of the molecule is O=C(c1cccs1)N(CC(=O)N1CCc2sccc2[C@@H]1COc1cccc(F)c1)C[C@@H]1CCCO1. The minimum absolute atomic E-state index is 0.0213. The molecule has 2 aromatic heterocycles. The van der Waals surface area contributed by atoms with Crippen molar-refractivity contribution in [1.82, 2.24) is 9.80 Å². The van der Waals surface area contributed by atoms with Gasteiger partial charge in [-0.3, -0.25) is 9.59 Å². The normalized spacial score (nSPS) is 19.4. The first-order chi connectivity index (χ1) is 17.1. The summed E-state index contributed by atoms with van der Waals surface area (Å²) in [7, 11) is 0. The van der Waals surface area contributed by atoms with E-state index in [-0.39, 0.29) is 42.9 Å². The fraction of sp³-hybridized carbons (Fsp3) is 0.385. The Morgan fingerprint density at radius 3 is 2.86 bits per heavy atom. The summed E-state index contributed by atoms with van der Waals surface area (Å²) in [4.78, 5) is 32.2. The molecule has 0 spiro atoms. The van der Waals surface area contributed by atoms with Crippen LogP contribution in [0.25, 0.3) is 0 Å². The van der Waals surface area contributed by atoms with Crippen molar-refractivity contribution in [3.05, 3.63) is 74.4 Å². The highest BCUT2D eigenvalue weighted by atomic mass is 32.1. The summed E-state index contributed by atoms with van der Waals surface area (Å²) in [5, 5.41) is 3.89. The van der Waals surface area contributed by atoms with E-state index in [1.165, 1.54) is 28.3 Å². The second-order valence-electron chi connectivity index (χ2n) is 8.72. The number of nitrogens with zero attached hydrogens (tertiary/aromatic N) is 2. The molecule has 2 atom stereocenters. The van der Waals surface area contributed by atoms with Gasteiger partial charge in [-0.2, -0.15) is 0 Å². The quantitative estimate of drug-likeness (QED) is 0.434. The first kappa shape index (κ1) is 24.0. The molecule has 2 amide bonds. The van der Waals surface area contributed by atoms with Crippen LogP contribution in [-0.2, 0) is 16.0 Å². The minimum atomic E-state index is -0.368. The minimum Gasteiger partial charge on any atom is -0.491 e. The van der Waals surface area contributed by atoms with Gasteiger partial charge in [0, 0.05) is 30.6 Å². The third-order valence-corrected chi connectivity index (χ3v) is 8.27. The highest BCUT2D eigenvalue weighted by Crippen LogP contribution is 2.34. The van der Waals surface area contributed by atoms with Crippen molar-refractivity contribution in [3.63, 3.8) is 0 Å². The Morgan fingerprint density at radius 1 is 1.17 bits per heavy atom. The Labute approximate surface area is 211 Å². The van der Waals surface area contributed by atoms with E-state index >= 15 is 0 Å². The predicted octanol–water partition coefficient (Wildman–Crippen LogP) is 4.77. The van der Waals surface area contributed by atoms with Crippen LogP contribution in [0.1, 0.15) is 39.0 Å². The molecule has 4 heterocycles. The molecule has 6 nitrogen and oxygen atoms in total. The number of ether oxygens (including phenoxy) is 2. The molecule has 1 saturated heterocycles. The van der Waals surface area contributed by atoms with Crippen molar-refractivity contribution in [3.8, 4) is 5.75 Å². The maximum absolute atomic E-state index is 13.6. The summed E-state index contributed by atoms with van der Waals surface area (Å²) in [5.74, 6) is -0.220. The van der Waals surface area contributed by atoms with Crippen LogP contribution in [0, 0.1) is 5.82 Å². The average Bonchev–Trinajstić information content (AvgIpc) is 3.64. The van der Waals surface area contributed by atoms with Crippen LogP contribution in [0.2, 0.25) is 0 Å². The van der Waals surface area contributed by atoms with Crippen molar-refractivity contribution in [1.29, 1.82) is 0 Å². The van der Waals surface area contributed by atoms with Crippen LogP contribution in [0.15, 0.2) is 53.2 Å². The monoisotopic (exact) mass is 514 g/mol. The second kappa shape index (κ2) is 10.9. The maximum atomic E-state index is 13.6. The molecule has 3 aromatic rings. The summed E-state index contributed by atoms with van der Waals surface area (Å²) >= 11 is 3.05. The van der Waals surface area contributed by atoms with Gasteiger partial charge < -0.3 is 19.3 Å². The van der Waals surface area contributed by atoms with Crippen LogP contribution >= 0.6 is 22.7 Å². The molecule has 1 aromatic carbocycles. The predicted molar refractivity (Wildman–Crippen MR) is 134 cm³/mol. The number of benzene rings is 1. The van der Waals surface area contributed by atoms with Gasteiger partial charge in [0.25, 0.3) is 5.91 Å². The van der Waals surface area contributed by atoms with Gasteiger partial charge in [-0.15, -0.1) is 22.7 Å². The first-order valence-electron chi connectivity index (χ1n) is 11.8. The Morgan fingerprint density at radius 2 is 2.09 bits per heavy atom. The highest BCUT2D eigenvalue weighted by molar-refractivity contribution is 7.12. The molecule has 2 aliphatic rings. The number of amides is 2. The Kier molecular flexibility index (Phi) is 7.46. The molecule has 0 bridgehead atoms. The van der Waals surface area contributed by atoms with E-state index in [1.54, 1.807) is 39.3 Å². The van der Waals surface area contributed by atoms with E-state index in [0.717, 1.165) is 24.8 Å². The number of thiophene rings is 2. The summed E-state index contributed by atoms with van der Waals surface area (Å²) in [6.45, 7) is 1.82. The lowest BCUT2D eigenvalue weighted by Crippen LogP contribution is -2.49. The summed E-state index contributed by atoms with van der Waals surface area (Å²) in [6, 6.07) is 11.4. The molecule has 5 rings (SSSR count). The van der Waals surface area contributed by atoms with Crippen molar-refractivity contribution < 1.29 is 23.5 Å². The Balaban J connectivity index is 1.34. The second-order valence-corrected chi connectivity index (χ2v) is 10.7. The van der Waals surface area contributed by atoms with Crippen LogP contribution in [0.3, 0.4) is 0 Å². The van der Waals surface area contributed by atoms with Crippen LogP contribution in [0.4, 0.5) is 4.39 Å². The Hall–Kier alpha value is -2.75. The number of carbonyl (C=O) groups excluding carboxylic acids is 2. The van der Waals surface area contributed by atoms with Crippen molar-refractivity contribution >= 4 is 34.5 Å². The van der Waals surface area contributed by atoms with Gasteiger partial charge >= 0.3 is 0 Å². The zero-order valence-corrected chi connectivity index (χ0v) is 20.9. The molecular weight excluding hydrogens is 487 g/mol. The van der Waals surface area contributed by atoms with Crippen molar-refractivity contribution in [2.75, 3.05) is 32.8 Å². The maximum Gasteiger partial charge on any atom is 0.264 e. The molecule has 0 unspecified atom stereocenters. The molecular formula is C26H27FN2O4S2. The highest BCUT2D eigenvalue weighted by Gasteiger charge is 2.34. The fourth-order valence-electron chi connectivity index (χ4n) is 4.67. The van der Waals surface area contributed by atoms with Gasteiger partial charge in [-0.05, 0) is 59.9 Å². The van der Waals surface area contributed by atoms with Gasteiger partial charge in [0.05, 0.1) is 17.0 Å². The van der Waals surface area contributed by atoms with Crippen LogP contribution in [0.5, 0.6) is 5.75 Å². The lowest BCUT2D eigenvalue weighted by atomic mass is 10.0. The van der Waals surface area contributed by atoms with Gasteiger partial charge in [0.2, 0.25) is 5.91 Å². The van der Waals surface area contributed by atoms with E-state index in [1.807, 2.05) is 22.9 Å². The van der Waals surface area contributed by atoms with Gasteiger partial charge in [0.15, 0.2) is 0 Å². The molecule has 0 aliphatic carbocycles. The standard InChI is InChI=1S/C26H27FN2O4S2/c27-18-4-1-5-19(14-18)33-17-22-21-9-13-35-23(21)8-10-29(22)25(30)16-28(15-20-6-2-11-32-20)26(31)24-7-3-12-34-24/h1,3-5,7,9,12-14,20,22H,2,6,8,10-11,15-17H2/t20-,22-/m0/s1. The largest absolute Gasteiger partial charge is 0.491 e. The van der Waals surface area contributed by atoms with Gasteiger partial charge in [-0.25, -0.2) is 4.39 Å². The molecule has 2 aliphatic heterocycles. The zero-order valence-electron chi connectivity index (χ0n) is 19.2. The third kappa shape index (κ3) is 5.58. The topological polar surface area (TPSA) is 59.1 Å². The average molecular weight is 515 g/mol. The molecule has 0 saturated carbocycles. The van der Waals surface area contributed by atoms with Crippen LogP contribution < -0.4 is 4.74 Å². The number of hydrogen-bond donors (Lipinski definition) is 0. The lowest BCUT2D eigenvalue weighted by Gasteiger charge is -2.37. The van der Waals surface area contributed by atoms with Crippen molar-refractivity contribution in [2.24, 2.45) is 0 Å². The number of fused-ring (bicyclic) bond motifs is 1. The van der Waals surface area contributed by atoms with E-state index in [9.17, 15) is 14.0 Å². The third-order valence-electron chi connectivity index (χ3n) is 6.41. The molecule has 1 fully saturated rings. The molecule has 0 N–H and O–H groups in total. The number of hydrogen-bond acceptors (Lipinski definition) is 6. The van der Waals surface area contributed by atoms with Crippen molar-refractivity contribution in [2.45, 2.75) is 31.4 Å². The fourth-order valence-corrected chi connectivity index (χ4v) is 6.29. The number of rotatable bonds is 8. The summed E-state index contributed by atoms with van der Waals surface area (Å²) in [6.07, 6.45) is 2.56. The number of halogens is 1. The molecule has 9 heteroatoms. The molecule has 0 radical (unpaired) electrons. The number of carbonyl (C=O) groups is 2. The summed E-state index contributed by atoms with van der Waals surface area (Å²) < 4.78 is 25.3. The zero-order chi connectivity index (χ0) is 24.2. The first-order valence-corrected chi connectivity index (χ1v) is 13.5. The van der Waals surface area contributed by atoms with E-state index in [2.05, 4.69) is 0 Å². The van der Waals surface area contributed by atoms with E-state index in [4.69, 9.17) is 9.47 Å².